The van der Waals surface area contributed by atoms with Gasteiger partial charge in [0.15, 0.2) is 12.0 Å². The number of hydrogen-bond acceptors (Lipinski definition) is 9. The number of benzene rings is 2. The van der Waals surface area contributed by atoms with E-state index in [0.29, 0.717) is 44.7 Å². The van der Waals surface area contributed by atoms with Crippen LogP contribution in [0.5, 0.6) is 23.0 Å². The topological polar surface area (TPSA) is 118 Å². The molecule has 1 aliphatic carbocycles. The van der Waals surface area contributed by atoms with Gasteiger partial charge < -0.3 is 24.2 Å². The molecule has 0 radical (unpaired) electrons. The Morgan fingerprint density at radius 2 is 1.57 bits per heavy atom. The molecule has 1 saturated carbocycles. The number of halogens is 1. The molecule has 2 aromatic carbocycles. The number of aromatic hydroxyl groups is 1. The second-order valence-electron chi connectivity index (χ2n) is 9.74. The summed E-state index contributed by atoms with van der Waals surface area (Å²) in [6.45, 7) is 1.46. The van der Waals surface area contributed by atoms with E-state index in [0.717, 1.165) is 44.3 Å². The number of phenolic OH excluding ortho intramolecular Hbond substituents is 1. The third-order valence-electron chi connectivity index (χ3n) is 6.68. The number of unbranched alkanes of at least 4 members (excludes halogenated alkanes) is 3. The molecule has 10 heteroatoms. The Morgan fingerprint density at radius 3 is 2.27 bits per heavy atom. The van der Waals surface area contributed by atoms with Gasteiger partial charge in [-0.05, 0) is 99.7 Å². The van der Waals surface area contributed by atoms with Gasteiger partial charge in [0, 0.05) is 5.88 Å². The maximum Gasteiger partial charge on any atom is 0.314 e. The molecule has 0 saturated heterocycles. The number of carbonyl (C=O) groups is 3. The zero-order valence-electron chi connectivity index (χ0n) is 22.6. The van der Waals surface area contributed by atoms with Crippen molar-refractivity contribution in [2.75, 3.05) is 25.7 Å². The van der Waals surface area contributed by atoms with E-state index in [4.69, 9.17) is 35.6 Å². The molecule has 218 valence electrons. The summed E-state index contributed by atoms with van der Waals surface area (Å²) >= 11 is 5.49. The molecule has 1 N–H and O–H groups in total. The van der Waals surface area contributed by atoms with Gasteiger partial charge in [0.1, 0.15) is 17.2 Å². The molecule has 0 aliphatic heterocycles. The van der Waals surface area contributed by atoms with Crippen LogP contribution in [0.1, 0.15) is 68.1 Å². The van der Waals surface area contributed by atoms with Gasteiger partial charge in [-0.1, -0.05) is 0 Å². The third-order valence-corrected chi connectivity index (χ3v) is 6.87. The highest BCUT2D eigenvalue weighted by molar-refractivity contribution is 6.18. The lowest BCUT2D eigenvalue weighted by atomic mass is 9.82. The first-order valence-electron chi connectivity index (χ1n) is 13.7. The van der Waals surface area contributed by atoms with Crippen LogP contribution in [0.2, 0.25) is 0 Å². The van der Waals surface area contributed by atoms with Crippen molar-refractivity contribution < 1.29 is 43.5 Å². The van der Waals surface area contributed by atoms with Crippen molar-refractivity contribution in [1.29, 1.82) is 0 Å². The summed E-state index contributed by atoms with van der Waals surface area (Å²) in [5.74, 6) is 1.20. The fourth-order valence-corrected chi connectivity index (χ4v) is 4.48. The molecular weight excluding hydrogens is 540 g/mol. The van der Waals surface area contributed by atoms with Crippen LogP contribution in [-0.4, -0.2) is 49.0 Å². The zero-order chi connectivity index (χ0) is 28.6. The first-order valence-corrected chi connectivity index (χ1v) is 14.3. The van der Waals surface area contributed by atoms with Crippen molar-refractivity contribution in [1.82, 2.24) is 0 Å². The largest absolute Gasteiger partial charge is 0.507 e. The Kier molecular flexibility index (Phi) is 13.6. The second kappa shape index (κ2) is 17.4. The Balaban J connectivity index is 1.23. The van der Waals surface area contributed by atoms with Gasteiger partial charge in [-0.25, -0.2) is 0 Å². The summed E-state index contributed by atoms with van der Waals surface area (Å²) in [5.41, 5.74) is 0.0805. The summed E-state index contributed by atoms with van der Waals surface area (Å²) in [6.07, 6.45) is 7.45. The predicted octanol–water partition coefficient (Wildman–Crippen LogP) is 6.04. The molecule has 0 amide bonds. The van der Waals surface area contributed by atoms with Crippen LogP contribution >= 0.6 is 11.6 Å². The number of aldehydes is 1. The molecule has 1 aliphatic rings. The minimum atomic E-state index is -0.332. The standard InChI is InChI=1S/C30H37ClO9/c31-16-15-29(34)37-18-4-2-1-3-17-36-25-9-11-26(12-10-25)40-38-21-22-5-7-23(8-6-22)30(35)39-27-13-14-28(33)24(19-27)20-32/h9-14,19-20,22-23,33H,1-8,15-18,21H2. The van der Waals surface area contributed by atoms with E-state index >= 15 is 0 Å². The van der Waals surface area contributed by atoms with Crippen molar-refractivity contribution in [2.45, 2.75) is 57.8 Å². The fraction of sp³-hybridized carbons (Fsp3) is 0.500. The lowest BCUT2D eigenvalue weighted by molar-refractivity contribution is -0.218. The van der Waals surface area contributed by atoms with E-state index < -0.39 is 0 Å². The van der Waals surface area contributed by atoms with Crippen molar-refractivity contribution in [3.63, 3.8) is 0 Å². The van der Waals surface area contributed by atoms with E-state index in [1.165, 1.54) is 18.2 Å². The Bertz CT molecular complexity index is 1070. The smallest absolute Gasteiger partial charge is 0.314 e. The highest BCUT2D eigenvalue weighted by Gasteiger charge is 2.28. The summed E-state index contributed by atoms with van der Waals surface area (Å²) < 4.78 is 16.2. The highest BCUT2D eigenvalue weighted by atomic mass is 35.5. The van der Waals surface area contributed by atoms with Crippen LogP contribution in [0.4, 0.5) is 0 Å². The first kappa shape index (κ1) is 31.2. The van der Waals surface area contributed by atoms with E-state index in [-0.39, 0.29) is 53.1 Å². The molecule has 40 heavy (non-hydrogen) atoms. The van der Waals surface area contributed by atoms with Gasteiger partial charge in [-0.15, -0.1) is 11.6 Å². The lowest BCUT2D eigenvalue weighted by Gasteiger charge is -2.26. The number of alkyl halides is 1. The van der Waals surface area contributed by atoms with Crippen LogP contribution in [0.25, 0.3) is 0 Å². The van der Waals surface area contributed by atoms with Gasteiger partial charge in [0.2, 0.25) is 0 Å². The molecule has 0 atom stereocenters. The van der Waals surface area contributed by atoms with Gasteiger partial charge in [-0.3, -0.25) is 14.4 Å². The summed E-state index contributed by atoms with van der Waals surface area (Å²) in [4.78, 5) is 45.6. The van der Waals surface area contributed by atoms with Crippen LogP contribution < -0.4 is 14.4 Å². The SMILES string of the molecule is O=Cc1cc(OC(=O)C2CCC(COOc3ccc(OCCCCCCOC(=O)CCCl)cc3)CC2)ccc1O. The van der Waals surface area contributed by atoms with Crippen molar-refractivity contribution in [3.8, 4) is 23.0 Å². The van der Waals surface area contributed by atoms with Gasteiger partial charge in [-0.2, -0.15) is 4.89 Å². The Morgan fingerprint density at radius 1 is 0.900 bits per heavy atom. The minimum Gasteiger partial charge on any atom is -0.507 e. The fourth-order valence-electron chi connectivity index (χ4n) is 4.33. The van der Waals surface area contributed by atoms with E-state index in [1.807, 2.05) is 12.1 Å². The van der Waals surface area contributed by atoms with Crippen molar-refractivity contribution >= 4 is 29.8 Å². The highest BCUT2D eigenvalue weighted by Crippen LogP contribution is 2.31. The number of ether oxygens (including phenoxy) is 3. The van der Waals surface area contributed by atoms with Crippen LogP contribution in [0, 0.1) is 11.8 Å². The minimum absolute atomic E-state index is 0.0805. The monoisotopic (exact) mass is 576 g/mol. The molecule has 9 nitrogen and oxygen atoms in total. The molecule has 0 bridgehead atoms. The Labute approximate surface area is 239 Å². The number of rotatable bonds is 17. The number of esters is 2. The molecule has 0 spiro atoms. The molecule has 0 heterocycles. The van der Waals surface area contributed by atoms with Crippen LogP contribution in [-0.2, 0) is 19.2 Å². The number of hydrogen-bond donors (Lipinski definition) is 1. The van der Waals surface area contributed by atoms with Crippen LogP contribution in [0.3, 0.4) is 0 Å². The van der Waals surface area contributed by atoms with Crippen LogP contribution in [0.15, 0.2) is 42.5 Å². The first-order chi connectivity index (χ1) is 19.5. The number of carbonyl (C=O) groups excluding carboxylic acids is 3. The second-order valence-corrected chi connectivity index (χ2v) is 10.1. The van der Waals surface area contributed by atoms with E-state index in [9.17, 15) is 19.5 Å². The predicted molar refractivity (Wildman–Crippen MR) is 148 cm³/mol. The third kappa shape index (κ3) is 11.1. The molecular formula is C30H37ClO9. The average Bonchev–Trinajstić information content (AvgIpc) is 2.96. The normalized spacial score (nSPS) is 16.6. The van der Waals surface area contributed by atoms with Gasteiger partial charge in [0.05, 0.1) is 37.7 Å². The molecule has 2 aromatic rings. The van der Waals surface area contributed by atoms with Crippen molar-refractivity contribution in [2.24, 2.45) is 11.8 Å². The van der Waals surface area contributed by atoms with E-state index in [1.54, 1.807) is 12.1 Å². The van der Waals surface area contributed by atoms with Crippen molar-refractivity contribution in [3.05, 3.63) is 48.0 Å². The maximum atomic E-state index is 12.5. The van der Waals surface area contributed by atoms with E-state index in [2.05, 4.69) is 0 Å². The molecule has 1 fully saturated rings. The molecule has 0 unspecified atom stereocenters. The Hall–Kier alpha value is -3.30. The lowest BCUT2D eigenvalue weighted by Crippen LogP contribution is -2.27. The van der Waals surface area contributed by atoms with Gasteiger partial charge >= 0.3 is 11.9 Å². The number of phenols is 1. The quantitative estimate of drug-likeness (QED) is 0.0457. The van der Waals surface area contributed by atoms with Gasteiger partial charge in [0.25, 0.3) is 0 Å². The molecule has 0 aromatic heterocycles. The summed E-state index contributed by atoms with van der Waals surface area (Å²) in [7, 11) is 0. The summed E-state index contributed by atoms with van der Waals surface area (Å²) in [5, 5.41) is 9.58. The summed E-state index contributed by atoms with van der Waals surface area (Å²) in [6, 6.07) is 11.4. The zero-order valence-corrected chi connectivity index (χ0v) is 23.3. The molecule has 3 rings (SSSR count). The maximum absolute atomic E-state index is 12.5. The average molecular weight is 577 g/mol.